The van der Waals surface area contributed by atoms with Crippen LogP contribution >= 0.6 is 0 Å². The molecule has 0 aliphatic heterocycles. The Kier molecular flexibility index (Phi) is 3.64. The molecule has 78 valence electrons. The minimum Gasteiger partial charge on any atom is -0.481 e. The summed E-state index contributed by atoms with van der Waals surface area (Å²) >= 11 is 0. The minimum atomic E-state index is 0.0685. The largest absolute Gasteiger partial charge is 0.481 e. The van der Waals surface area contributed by atoms with Crippen LogP contribution in [0.15, 0.2) is 6.07 Å². The molecule has 1 heterocycles. The monoisotopic (exact) mass is 197 g/mol. The van der Waals surface area contributed by atoms with Crippen LogP contribution in [0.3, 0.4) is 0 Å². The molecule has 0 fully saturated rings. The Bertz CT molecular complexity index is 282. The SMILES string of the molecule is CNC(C)c1nc(OC)cc(OC)n1. The van der Waals surface area contributed by atoms with E-state index in [-0.39, 0.29) is 6.04 Å². The molecule has 0 amide bonds. The van der Waals surface area contributed by atoms with Crippen LogP contribution in [0.2, 0.25) is 0 Å². The van der Waals surface area contributed by atoms with Gasteiger partial charge in [-0.1, -0.05) is 0 Å². The Hall–Kier alpha value is -1.36. The van der Waals surface area contributed by atoms with Gasteiger partial charge in [-0.2, -0.15) is 9.97 Å². The maximum Gasteiger partial charge on any atom is 0.220 e. The topological polar surface area (TPSA) is 56.3 Å². The predicted octanol–water partition coefficient (Wildman–Crippen LogP) is 0.774. The lowest BCUT2D eigenvalue weighted by atomic mass is 10.3. The zero-order valence-corrected chi connectivity index (χ0v) is 8.87. The van der Waals surface area contributed by atoms with E-state index in [0.29, 0.717) is 17.6 Å². The third-order valence-corrected chi connectivity index (χ3v) is 1.94. The van der Waals surface area contributed by atoms with Crippen LogP contribution in [0.4, 0.5) is 0 Å². The van der Waals surface area contributed by atoms with Crippen molar-refractivity contribution < 1.29 is 9.47 Å². The average Bonchev–Trinajstić information content (AvgIpc) is 2.27. The second-order valence-corrected chi connectivity index (χ2v) is 2.82. The van der Waals surface area contributed by atoms with Gasteiger partial charge in [0.05, 0.1) is 26.3 Å². The summed E-state index contributed by atoms with van der Waals surface area (Å²) in [6.07, 6.45) is 0. The Labute approximate surface area is 83.5 Å². The predicted molar refractivity (Wildman–Crippen MR) is 52.6 cm³/mol. The summed E-state index contributed by atoms with van der Waals surface area (Å²) in [5.41, 5.74) is 0. The molecule has 0 spiro atoms. The van der Waals surface area contributed by atoms with Crippen molar-refractivity contribution in [2.24, 2.45) is 0 Å². The average molecular weight is 197 g/mol. The van der Waals surface area contributed by atoms with Gasteiger partial charge in [-0.05, 0) is 14.0 Å². The van der Waals surface area contributed by atoms with Gasteiger partial charge in [0.25, 0.3) is 0 Å². The lowest BCUT2D eigenvalue weighted by molar-refractivity contribution is 0.364. The van der Waals surface area contributed by atoms with E-state index >= 15 is 0 Å². The fourth-order valence-electron chi connectivity index (χ4n) is 0.953. The molecule has 0 aliphatic carbocycles. The van der Waals surface area contributed by atoms with Crippen LogP contribution in [0.1, 0.15) is 18.8 Å². The van der Waals surface area contributed by atoms with Gasteiger partial charge in [0, 0.05) is 0 Å². The van der Waals surface area contributed by atoms with Crippen molar-refractivity contribution in [2.75, 3.05) is 21.3 Å². The van der Waals surface area contributed by atoms with Gasteiger partial charge in [-0.25, -0.2) is 0 Å². The van der Waals surface area contributed by atoms with E-state index in [9.17, 15) is 0 Å². The lowest BCUT2D eigenvalue weighted by Gasteiger charge is -2.10. The molecule has 0 bridgehead atoms. The third kappa shape index (κ3) is 2.32. The van der Waals surface area contributed by atoms with Gasteiger partial charge in [-0.3, -0.25) is 0 Å². The van der Waals surface area contributed by atoms with Gasteiger partial charge in [-0.15, -0.1) is 0 Å². The molecule has 0 aromatic carbocycles. The van der Waals surface area contributed by atoms with E-state index in [2.05, 4.69) is 15.3 Å². The first-order valence-electron chi connectivity index (χ1n) is 4.35. The molecule has 1 unspecified atom stereocenters. The zero-order valence-electron chi connectivity index (χ0n) is 8.87. The Morgan fingerprint density at radius 1 is 1.21 bits per heavy atom. The maximum absolute atomic E-state index is 5.03. The number of aromatic nitrogens is 2. The number of methoxy groups -OCH3 is 2. The highest BCUT2D eigenvalue weighted by Crippen LogP contribution is 2.17. The molecule has 1 atom stereocenters. The van der Waals surface area contributed by atoms with Crippen molar-refractivity contribution >= 4 is 0 Å². The molecule has 1 aromatic heterocycles. The molecule has 0 aliphatic rings. The Morgan fingerprint density at radius 3 is 2.07 bits per heavy atom. The Morgan fingerprint density at radius 2 is 1.71 bits per heavy atom. The van der Waals surface area contributed by atoms with Crippen molar-refractivity contribution in [1.82, 2.24) is 15.3 Å². The first-order valence-corrected chi connectivity index (χ1v) is 4.35. The normalized spacial score (nSPS) is 12.3. The van der Waals surface area contributed by atoms with Crippen molar-refractivity contribution in [3.63, 3.8) is 0 Å². The summed E-state index contributed by atoms with van der Waals surface area (Å²) < 4.78 is 10.1. The van der Waals surface area contributed by atoms with E-state index in [0.717, 1.165) is 0 Å². The number of hydrogen-bond donors (Lipinski definition) is 1. The number of rotatable bonds is 4. The van der Waals surface area contributed by atoms with Crippen LogP contribution in [-0.4, -0.2) is 31.2 Å². The third-order valence-electron chi connectivity index (χ3n) is 1.94. The quantitative estimate of drug-likeness (QED) is 0.772. The number of ether oxygens (including phenoxy) is 2. The lowest BCUT2D eigenvalue weighted by Crippen LogP contribution is -2.16. The molecular weight excluding hydrogens is 182 g/mol. The molecular formula is C9H15N3O2. The standard InChI is InChI=1S/C9H15N3O2/c1-6(10-2)9-11-7(13-3)5-8(12-9)14-4/h5-6,10H,1-4H3. The summed E-state index contributed by atoms with van der Waals surface area (Å²) in [6.45, 7) is 1.97. The molecule has 0 saturated heterocycles. The van der Waals surface area contributed by atoms with E-state index in [1.54, 1.807) is 20.3 Å². The molecule has 14 heavy (non-hydrogen) atoms. The number of nitrogens with zero attached hydrogens (tertiary/aromatic N) is 2. The van der Waals surface area contributed by atoms with Gasteiger partial charge < -0.3 is 14.8 Å². The van der Waals surface area contributed by atoms with Crippen molar-refractivity contribution in [3.8, 4) is 11.8 Å². The summed E-state index contributed by atoms with van der Waals surface area (Å²) in [6, 6.07) is 1.71. The second kappa shape index (κ2) is 4.76. The molecule has 5 nitrogen and oxygen atoms in total. The van der Waals surface area contributed by atoms with E-state index in [1.165, 1.54) is 0 Å². The van der Waals surface area contributed by atoms with Gasteiger partial charge in [0.15, 0.2) is 5.82 Å². The van der Waals surface area contributed by atoms with Crippen LogP contribution in [0.25, 0.3) is 0 Å². The highest BCUT2D eigenvalue weighted by atomic mass is 16.5. The van der Waals surface area contributed by atoms with Gasteiger partial charge in [0.1, 0.15) is 0 Å². The molecule has 0 radical (unpaired) electrons. The minimum absolute atomic E-state index is 0.0685. The first kappa shape index (κ1) is 10.7. The van der Waals surface area contributed by atoms with E-state index in [1.807, 2.05) is 14.0 Å². The van der Waals surface area contributed by atoms with Crippen LogP contribution in [-0.2, 0) is 0 Å². The van der Waals surface area contributed by atoms with Gasteiger partial charge in [0.2, 0.25) is 11.8 Å². The number of nitrogens with one attached hydrogen (secondary N) is 1. The molecule has 1 rings (SSSR count). The fourth-order valence-corrected chi connectivity index (χ4v) is 0.953. The fraction of sp³-hybridized carbons (Fsp3) is 0.556. The van der Waals surface area contributed by atoms with Crippen molar-refractivity contribution in [3.05, 3.63) is 11.9 Å². The van der Waals surface area contributed by atoms with Crippen molar-refractivity contribution in [1.29, 1.82) is 0 Å². The molecule has 0 saturated carbocycles. The maximum atomic E-state index is 5.03. The van der Waals surface area contributed by atoms with E-state index in [4.69, 9.17) is 9.47 Å². The second-order valence-electron chi connectivity index (χ2n) is 2.82. The molecule has 5 heteroatoms. The van der Waals surface area contributed by atoms with Gasteiger partial charge >= 0.3 is 0 Å². The van der Waals surface area contributed by atoms with Crippen LogP contribution in [0.5, 0.6) is 11.8 Å². The smallest absolute Gasteiger partial charge is 0.220 e. The first-order chi connectivity index (χ1) is 6.71. The van der Waals surface area contributed by atoms with E-state index < -0.39 is 0 Å². The molecule has 1 N–H and O–H groups in total. The van der Waals surface area contributed by atoms with Crippen LogP contribution < -0.4 is 14.8 Å². The molecule has 1 aromatic rings. The highest BCUT2D eigenvalue weighted by molar-refractivity contribution is 5.21. The highest BCUT2D eigenvalue weighted by Gasteiger charge is 2.10. The Balaban J connectivity index is 3.04. The summed E-state index contributed by atoms with van der Waals surface area (Å²) in [5.74, 6) is 1.67. The number of hydrogen-bond acceptors (Lipinski definition) is 5. The summed E-state index contributed by atoms with van der Waals surface area (Å²) in [7, 11) is 4.98. The van der Waals surface area contributed by atoms with Crippen LogP contribution in [0, 0.1) is 0 Å². The summed E-state index contributed by atoms with van der Waals surface area (Å²) in [4.78, 5) is 8.39. The van der Waals surface area contributed by atoms with Crippen molar-refractivity contribution in [2.45, 2.75) is 13.0 Å². The zero-order chi connectivity index (χ0) is 10.6. The summed E-state index contributed by atoms with van der Waals surface area (Å²) in [5, 5.41) is 3.05.